The minimum absolute atomic E-state index is 0.295. The summed E-state index contributed by atoms with van der Waals surface area (Å²) in [6.07, 6.45) is 2.02. The molecular weight excluding hydrogens is 284 g/mol. The summed E-state index contributed by atoms with van der Waals surface area (Å²) >= 11 is 0. The van der Waals surface area contributed by atoms with Crippen LogP contribution in [-0.4, -0.2) is 5.60 Å². The minimum Gasteiger partial charge on any atom is -0.336 e. The fourth-order valence-corrected chi connectivity index (χ4v) is 2.81. The molecule has 124 valence electrons. The third-order valence-electron chi connectivity index (χ3n) is 3.95. The standard InChI is InChI=1S/C21H28O2/c1-6-15-21(4,5)23-22-19-14-10-13-18(16(2)3)20(19)17-11-8-7-9-12-17/h7-14,16H,6,15H2,1-5H3. The van der Waals surface area contributed by atoms with Gasteiger partial charge < -0.3 is 4.89 Å². The van der Waals surface area contributed by atoms with Crippen LogP contribution >= 0.6 is 0 Å². The van der Waals surface area contributed by atoms with E-state index in [4.69, 9.17) is 9.78 Å². The van der Waals surface area contributed by atoms with Gasteiger partial charge in [-0.05, 0) is 43.4 Å². The van der Waals surface area contributed by atoms with E-state index in [9.17, 15) is 0 Å². The number of benzene rings is 2. The molecule has 0 radical (unpaired) electrons. The molecular formula is C21H28O2. The maximum Gasteiger partial charge on any atom is 0.173 e. The molecule has 23 heavy (non-hydrogen) atoms. The third kappa shape index (κ3) is 4.59. The molecule has 2 aromatic carbocycles. The van der Waals surface area contributed by atoms with Crippen LogP contribution in [0.5, 0.6) is 5.75 Å². The molecule has 0 saturated carbocycles. The molecule has 0 aliphatic carbocycles. The van der Waals surface area contributed by atoms with Crippen LogP contribution in [0.15, 0.2) is 48.5 Å². The average Bonchev–Trinajstić information content (AvgIpc) is 2.53. The molecule has 2 rings (SSSR count). The second-order valence-electron chi connectivity index (χ2n) is 6.92. The van der Waals surface area contributed by atoms with Crippen molar-refractivity contribution in [2.75, 3.05) is 0 Å². The monoisotopic (exact) mass is 312 g/mol. The summed E-state index contributed by atoms with van der Waals surface area (Å²) < 4.78 is 0. The van der Waals surface area contributed by atoms with Crippen molar-refractivity contribution >= 4 is 0 Å². The van der Waals surface area contributed by atoms with E-state index in [1.807, 2.05) is 18.2 Å². The first kappa shape index (κ1) is 17.6. The van der Waals surface area contributed by atoms with Gasteiger partial charge in [0.25, 0.3) is 0 Å². The van der Waals surface area contributed by atoms with E-state index in [-0.39, 0.29) is 5.60 Å². The maximum atomic E-state index is 5.80. The molecule has 0 unspecified atom stereocenters. The zero-order valence-electron chi connectivity index (χ0n) is 14.9. The summed E-state index contributed by atoms with van der Waals surface area (Å²) in [5.41, 5.74) is 3.25. The quantitative estimate of drug-likeness (QED) is 0.437. The molecule has 2 aromatic rings. The molecule has 0 N–H and O–H groups in total. The number of hydrogen-bond acceptors (Lipinski definition) is 2. The molecule has 0 fully saturated rings. The lowest BCUT2D eigenvalue weighted by Crippen LogP contribution is -2.26. The minimum atomic E-state index is -0.295. The van der Waals surface area contributed by atoms with E-state index < -0.39 is 0 Å². The molecule has 0 atom stereocenters. The summed E-state index contributed by atoms with van der Waals surface area (Å²) in [6, 6.07) is 16.6. The van der Waals surface area contributed by atoms with Crippen molar-refractivity contribution in [2.24, 2.45) is 0 Å². The van der Waals surface area contributed by atoms with E-state index in [2.05, 4.69) is 65.0 Å². The Morgan fingerprint density at radius 1 is 0.957 bits per heavy atom. The van der Waals surface area contributed by atoms with E-state index >= 15 is 0 Å². The van der Waals surface area contributed by atoms with Crippen molar-refractivity contribution in [2.45, 2.75) is 59.0 Å². The van der Waals surface area contributed by atoms with Crippen LogP contribution in [0.2, 0.25) is 0 Å². The van der Waals surface area contributed by atoms with Crippen LogP contribution in [0.25, 0.3) is 11.1 Å². The Hall–Kier alpha value is -1.80. The topological polar surface area (TPSA) is 18.5 Å². The van der Waals surface area contributed by atoms with Gasteiger partial charge in [-0.2, -0.15) is 4.89 Å². The van der Waals surface area contributed by atoms with Crippen molar-refractivity contribution in [1.82, 2.24) is 0 Å². The Bertz CT molecular complexity index is 615. The molecule has 0 aliphatic heterocycles. The molecule has 0 aliphatic rings. The highest BCUT2D eigenvalue weighted by atomic mass is 17.2. The predicted octanol–water partition coefficient (Wildman–Crippen LogP) is 6.37. The Morgan fingerprint density at radius 2 is 1.65 bits per heavy atom. The number of hydrogen-bond donors (Lipinski definition) is 0. The van der Waals surface area contributed by atoms with Crippen LogP contribution < -0.4 is 4.89 Å². The maximum absolute atomic E-state index is 5.80. The molecule has 2 heteroatoms. The van der Waals surface area contributed by atoms with Crippen LogP contribution in [0, 0.1) is 0 Å². The summed E-state index contributed by atoms with van der Waals surface area (Å²) in [5, 5.41) is 0. The Morgan fingerprint density at radius 3 is 2.26 bits per heavy atom. The molecule has 0 amide bonds. The zero-order valence-corrected chi connectivity index (χ0v) is 14.9. The van der Waals surface area contributed by atoms with Crippen LogP contribution in [0.3, 0.4) is 0 Å². The Labute approximate surface area is 140 Å². The lowest BCUT2D eigenvalue weighted by Gasteiger charge is -2.24. The van der Waals surface area contributed by atoms with Crippen molar-refractivity contribution in [3.8, 4) is 16.9 Å². The molecule has 0 bridgehead atoms. The van der Waals surface area contributed by atoms with Crippen LogP contribution in [-0.2, 0) is 4.89 Å². The van der Waals surface area contributed by atoms with Gasteiger partial charge >= 0.3 is 0 Å². The predicted molar refractivity (Wildman–Crippen MR) is 96.7 cm³/mol. The summed E-state index contributed by atoms with van der Waals surface area (Å²) in [4.78, 5) is 11.6. The largest absolute Gasteiger partial charge is 0.336 e. The van der Waals surface area contributed by atoms with Crippen molar-refractivity contribution in [3.05, 3.63) is 54.1 Å². The van der Waals surface area contributed by atoms with Crippen LogP contribution in [0.4, 0.5) is 0 Å². The van der Waals surface area contributed by atoms with Gasteiger partial charge in [0.1, 0.15) is 5.60 Å². The Balaban J connectivity index is 2.38. The number of rotatable bonds is 7. The summed E-state index contributed by atoms with van der Waals surface area (Å²) in [5.74, 6) is 1.20. The van der Waals surface area contributed by atoms with E-state index in [0.717, 1.165) is 29.7 Å². The van der Waals surface area contributed by atoms with Crippen molar-refractivity contribution < 1.29 is 9.78 Å². The molecule has 0 spiro atoms. The van der Waals surface area contributed by atoms with Crippen molar-refractivity contribution in [3.63, 3.8) is 0 Å². The zero-order chi connectivity index (χ0) is 16.9. The first-order valence-electron chi connectivity index (χ1n) is 8.48. The highest BCUT2D eigenvalue weighted by Gasteiger charge is 2.21. The smallest absolute Gasteiger partial charge is 0.173 e. The average molecular weight is 312 g/mol. The van der Waals surface area contributed by atoms with Gasteiger partial charge in [-0.1, -0.05) is 69.7 Å². The van der Waals surface area contributed by atoms with Gasteiger partial charge in [-0.25, -0.2) is 0 Å². The fraction of sp³-hybridized carbons (Fsp3) is 0.429. The highest BCUT2D eigenvalue weighted by molar-refractivity contribution is 5.74. The van der Waals surface area contributed by atoms with Gasteiger partial charge in [0.2, 0.25) is 0 Å². The van der Waals surface area contributed by atoms with Gasteiger partial charge in [-0.3, -0.25) is 0 Å². The second kappa shape index (κ2) is 7.65. The molecule has 0 aromatic heterocycles. The second-order valence-corrected chi connectivity index (χ2v) is 6.92. The fourth-order valence-electron chi connectivity index (χ4n) is 2.81. The van der Waals surface area contributed by atoms with Crippen LogP contribution in [0.1, 0.15) is 58.9 Å². The van der Waals surface area contributed by atoms with E-state index in [0.29, 0.717) is 5.92 Å². The third-order valence-corrected chi connectivity index (χ3v) is 3.95. The van der Waals surface area contributed by atoms with E-state index in [1.165, 1.54) is 5.56 Å². The molecule has 0 saturated heterocycles. The van der Waals surface area contributed by atoms with Gasteiger partial charge in [-0.15, -0.1) is 0 Å². The van der Waals surface area contributed by atoms with Gasteiger partial charge in [0.15, 0.2) is 5.75 Å². The van der Waals surface area contributed by atoms with Gasteiger partial charge in [0, 0.05) is 5.56 Å². The lowest BCUT2D eigenvalue weighted by molar-refractivity contribution is -0.282. The van der Waals surface area contributed by atoms with Crippen molar-refractivity contribution in [1.29, 1.82) is 0 Å². The summed E-state index contributed by atoms with van der Waals surface area (Å²) in [6.45, 7) is 10.7. The Kier molecular flexibility index (Phi) is 5.84. The molecule has 2 nitrogen and oxygen atoms in total. The normalized spacial score (nSPS) is 11.7. The lowest BCUT2D eigenvalue weighted by atomic mass is 9.92. The first-order valence-corrected chi connectivity index (χ1v) is 8.48. The first-order chi connectivity index (χ1) is 10.9. The molecule has 0 heterocycles. The SMILES string of the molecule is CCCC(C)(C)OOc1cccc(C(C)C)c1-c1ccccc1. The highest BCUT2D eigenvalue weighted by Crippen LogP contribution is 2.37. The van der Waals surface area contributed by atoms with E-state index in [1.54, 1.807) is 0 Å². The van der Waals surface area contributed by atoms with Gasteiger partial charge in [0.05, 0.1) is 0 Å². The summed E-state index contributed by atoms with van der Waals surface area (Å²) in [7, 11) is 0.